The number of amides is 2. The van der Waals surface area contributed by atoms with Crippen molar-refractivity contribution in [2.45, 2.75) is 63.4 Å². The van der Waals surface area contributed by atoms with Crippen LogP contribution < -0.4 is 5.73 Å². The number of fused-ring (bicyclic) bond motifs is 1. The van der Waals surface area contributed by atoms with Crippen LogP contribution in [0.2, 0.25) is 0 Å². The molecule has 1 aliphatic rings. The third kappa shape index (κ3) is 5.77. The molecule has 0 radical (unpaired) electrons. The third-order valence-corrected chi connectivity index (χ3v) is 7.77. The molecular weight excluding hydrogens is 490 g/mol. The molecule has 0 spiro atoms. The van der Waals surface area contributed by atoms with E-state index >= 15 is 0 Å². The summed E-state index contributed by atoms with van der Waals surface area (Å²) < 4.78 is 0. The molecule has 4 aromatic rings. The Hall–Kier alpha value is -3.88. The Morgan fingerprint density at radius 1 is 0.846 bits per heavy atom. The minimum Gasteiger partial charge on any atom is -0.388 e. The lowest BCUT2D eigenvalue weighted by molar-refractivity contribution is -0.0402. The zero-order chi connectivity index (χ0) is 27.4. The molecule has 39 heavy (non-hydrogen) atoms. The summed E-state index contributed by atoms with van der Waals surface area (Å²) in [6, 6.07) is 24.1. The maximum Gasteiger partial charge on any atom is 0.321 e. The van der Waals surface area contributed by atoms with Gasteiger partial charge in [0, 0.05) is 18.5 Å². The van der Waals surface area contributed by atoms with E-state index in [1.165, 1.54) is 0 Å². The van der Waals surface area contributed by atoms with E-state index in [4.69, 9.17) is 5.73 Å². The first-order valence-corrected chi connectivity index (χ1v) is 13.7. The zero-order valence-corrected chi connectivity index (χ0v) is 22.3. The molecule has 1 aromatic heterocycles. The zero-order valence-electron chi connectivity index (χ0n) is 22.3. The highest BCUT2D eigenvalue weighted by molar-refractivity contribution is 5.89. The van der Waals surface area contributed by atoms with E-state index in [0.29, 0.717) is 25.2 Å². The van der Waals surface area contributed by atoms with Crippen LogP contribution in [0.3, 0.4) is 0 Å². The predicted molar refractivity (Wildman–Crippen MR) is 153 cm³/mol. The van der Waals surface area contributed by atoms with Crippen molar-refractivity contribution in [3.05, 3.63) is 95.6 Å². The number of hydrogen-bond donors (Lipinski definition) is 4. The summed E-state index contributed by atoms with van der Waals surface area (Å²) >= 11 is 0. The number of anilines is 1. The number of aromatic amines is 1. The van der Waals surface area contributed by atoms with E-state index in [2.05, 4.69) is 17.1 Å². The van der Waals surface area contributed by atoms with E-state index in [0.717, 1.165) is 40.4 Å². The van der Waals surface area contributed by atoms with Crippen LogP contribution in [0.4, 0.5) is 10.6 Å². The van der Waals surface area contributed by atoms with E-state index in [9.17, 15) is 15.0 Å². The number of nitrogens with one attached hydrogen (secondary N) is 1. The fraction of sp³-hybridized carbons (Fsp3) is 0.355. The molecule has 8 heteroatoms. The van der Waals surface area contributed by atoms with Crippen LogP contribution >= 0.6 is 0 Å². The molecule has 2 amide bonds. The number of hydrogen-bond acceptors (Lipinski definition) is 5. The average Bonchev–Trinajstić information content (AvgIpc) is 3.31. The quantitative estimate of drug-likeness (QED) is 0.261. The SMILES string of the molecule is CCCCN1C(=O)N(Cc2ccc3[nH]nc(N)c3c2)[C@H](Cc2ccccc2)[C@H](O)[C@@H](O)[C@H]1Cc1ccccc1. The van der Waals surface area contributed by atoms with Crippen LogP contribution in [-0.4, -0.2) is 67.1 Å². The van der Waals surface area contributed by atoms with Crippen LogP contribution in [0.25, 0.3) is 10.9 Å². The first-order chi connectivity index (χ1) is 19.0. The van der Waals surface area contributed by atoms with Crippen molar-refractivity contribution >= 4 is 22.8 Å². The highest BCUT2D eigenvalue weighted by Crippen LogP contribution is 2.30. The van der Waals surface area contributed by atoms with E-state index < -0.39 is 24.3 Å². The molecule has 1 fully saturated rings. The average molecular weight is 528 g/mol. The van der Waals surface area contributed by atoms with Crippen LogP contribution in [0, 0.1) is 0 Å². The molecule has 0 unspecified atom stereocenters. The summed E-state index contributed by atoms with van der Waals surface area (Å²) in [6.45, 7) is 2.85. The largest absolute Gasteiger partial charge is 0.388 e. The number of carbonyl (C=O) groups excluding carboxylic acids is 1. The summed E-state index contributed by atoms with van der Waals surface area (Å²) in [7, 11) is 0. The first kappa shape index (κ1) is 26.7. The number of H-pyrrole nitrogens is 1. The Balaban J connectivity index is 1.55. The Morgan fingerprint density at radius 3 is 2.03 bits per heavy atom. The van der Waals surface area contributed by atoms with E-state index in [-0.39, 0.29) is 12.6 Å². The summed E-state index contributed by atoms with van der Waals surface area (Å²) in [4.78, 5) is 17.9. The van der Waals surface area contributed by atoms with Gasteiger partial charge in [-0.25, -0.2) is 4.79 Å². The summed E-state index contributed by atoms with van der Waals surface area (Å²) in [5, 5.41) is 31.2. The lowest BCUT2D eigenvalue weighted by Gasteiger charge is -2.35. The second kappa shape index (κ2) is 11.9. The third-order valence-electron chi connectivity index (χ3n) is 7.77. The standard InChI is InChI=1S/C31H37N5O3/c1-2-3-16-35-26(18-21-10-6-4-7-11-21)28(37)29(38)27(19-22-12-8-5-9-13-22)36(31(35)39)20-23-14-15-25-24(17-23)30(32)34-33-25/h4-15,17,26-29,37-38H,2-3,16,18-20H2,1H3,(H3,32,33,34)/t26-,27-,28+,29+/m1/s1. The van der Waals surface area contributed by atoms with Gasteiger partial charge in [0.15, 0.2) is 5.82 Å². The topological polar surface area (TPSA) is 119 Å². The highest BCUT2D eigenvalue weighted by Gasteiger charge is 2.46. The van der Waals surface area contributed by atoms with Gasteiger partial charge in [-0.05, 0) is 48.1 Å². The number of urea groups is 1. The Morgan fingerprint density at radius 2 is 1.44 bits per heavy atom. The van der Waals surface area contributed by atoms with Gasteiger partial charge in [-0.1, -0.05) is 80.1 Å². The molecule has 0 aliphatic carbocycles. The van der Waals surface area contributed by atoms with Gasteiger partial charge in [-0.2, -0.15) is 5.10 Å². The molecule has 5 rings (SSSR count). The van der Waals surface area contributed by atoms with Gasteiger partial charge >= 0.3 is 6.03 Å². The molecular formula is C31H37N5O3. The molecule has 2 heterocycles. The second-order valence-electron chi connectivity index (χ2n) is 10.4. The molecule has 0 saturated carbocycles. The minimum atomic E-state index is -1.14. The Kier molecular flexibility index (Phi) is 8.14. The number of aliphatic hydroxyl groups excluding tert-OH is 2. The van der Waals surface area contributed by atoms with E-state index in [1.807, 2.05) is 78.9 Å². The van der Waals surface area contributed by atoms with Crippen LogP contribution in [0.1, 0.15) is 36.5 Å². The maximum atomic E-state index is 14.4. The molecule has 8 nitrogen and oxygen atoms in total. The number of benzene rings is 3. The molecule has 0 bridgehead atoms. The van der Waals surface area contributed by atoms with Gasteiger partial charge in [0.2, 0.25) is 0 Å². The lowest BCUT2D eigenvalue weighted by atomic mass is 9.91. The number of aliphatic hydroxyl groups is 2. The number of aromatic nitrogens is 2. The van der Waals surface area contributed by atoms with Gasteiger partial charge in [0.05, 0.1) is 17.6 Å². The van der Waals surface area contributed by atoms with Gasteiger partial charge in [0.25, 0.3) is 0 Å². The van der Waals surface area contributed by atoms with Crippen molar-refractivity contribution in [1.29, 1.82) is 0 Å². The van der Waals surface area contributed by atoms with E-state index in [1.54, 1.807) is 9.80 Å². The molecule has 3 aromatic carbocycles. The second-order valence-corrected chi connectivity index (χ2v) is 10.4. The summed E-state index contributed by atoms with van der Waals surface area (Å²) in [5.41, 5.74) is 9.76. The van der Waals surface area contributed by atoms with Crippen LogP contribution in [0.5, 0.6) is 0 Å². The van der Waals surface area contributed by atoms with Crippen molar-refractivity contribution in [1.82, 2.24) is 20.0 Å². The molecule has 1 saturated heterocycles. The first-order valence-electron chi connectivity index (χ1n) is 13.7. The van der Waals surface area contributed by atoms with Crippen molar-refractivity contribution in [2.75, 3.05) is 12.3 Å². The molecule has 1 aliphatic heterocycles. The number of unbranched alkanes of at least 4 members (excludes halogenated alkanes) is 1. The number of rotatable bonds is 9. The molecule has 4 atom stereocenters. The number of carbonyl (C=O) groups is 1. The Labute approximate surface area is 229 Å². The van der Waals surface area contributed by atoms with Gasteiger partial charge in [-0.3, -0.25) is 5.10 Å². The normalized spacial score (nSPS) is 21.9. The number of nitrogens with zero attached hydrogens (tertiary/aromatic N) is 3. The van der Waals surface area contributed by atoms with Crippen LogP contribution in [-0.2, 0) is 19.4 Å². The monoisotopic (exact) mass is 527 g/mol. The Bertz CT molecular complexity index is 1380. The maximum absolute atomic E-state index is 14.4. The molecule has 204 valence electrons. The minimum absolute atomic E-state index is 0.179. The predicted octanol–water partition coefficient (Wildman–Crippen LogP) is 4.13. The molecule has 5 N–H and O–H groups in total. The van der Waals surface area contributed by atoms with Gasteiger partial charge < -0.3 is 25.7 Å². The van der Waals surface area contributed by atoms with Crippen molar-refractivity contribution in [3.8, 4) is 0 Å². The van der Waals surface area contributed by atoms with Crippen LogP contribution in [0.15, 0.2) is 78.9 Å². The van der Waals surface area contributed by atoms with Crippen molar-refractivity contribution in [2.24, 2.45) is 0 Å². The van der Waals surface area contributed by atoms with Gasteiger partial charge in [0.1, 0.15) is 12.2 Å². The fourth-order valence-electron chi connectivity index (χ4n) is 5.60. The van der Waals surface area contributed by atoms with Crippen molar-refractivity contribution in [3.63, 3.8) is 0 Å². The number of nitrogen functional groups attached to an aromatic ring is 1. The highest BCUT2D eigenvalue weighted by atomic mass is 16.3. The van der Waals surface area contributed by atoms with Gasteiger partial charge in [-0.15, -0.1) is 0 Å². The lowest BCUT2D eigenvalue weighted by Crippen LogP contribution is -2.51. The smallest absolute Gasteiger partial charge is 0.321 e. The van der Waals surface area contributed by atoms with Crippen molar-refractivity contribution < 1.29 is 15.0 Å². The fourth-order valence-corrected chi connectivity index (χ4v) is 5.60. The number of nitrogens with two attached hydrogens (primary N) is 1. The summed E-state index contributed by atoms with van der Waals surface area (Å²) in [5.74, 6) is 0.401. The summed E-state index contributed by atoms with van der Waals surface area (Å²) in [6.07, 6.45) is 0.325.